The summed E-state index contributed by atoms with van der Waals surface area (Å²) in [6, 6.07) is 3.01. The van der Waals surface area contributed by atoms with Crippen LogP contribution in [0.1, 0.15) is 26.0 Å². The van der Waals surface area contributed by atoms with Gasteiger partial charge in [-0.2, -0.15) is 0 Å². The van der Waals surface area contributed by atoms with Gasteiger partial charge in [-0.3, -0.25) is 14.5 Å². The Balaban J connectivity index is 2.64. The SMILES string of the molecule is CC(C)CCS(=O)(=O)Nc1ccc(CC(=O)O)nc1. The first-order chi connectivity index (χ1) is 8.78. The van der Waals surface area contributed by atoms with Crippen molar-refractivity contribution in [2.24, 2.45) is 5.92 Å². The standard InChI is InChI=1S/C12H18N2O4S/c1-9(2)5-6-19(17,18)14-11-4-3-10(13-8-11)7-12(15)16/h3-4,8-9,14H,5-7H2,1-2H3,(H,15,16). The molecule has 0 unspecified atom stereocenters. The lowest BCUT2D eigenvalue weighted by Gasteiger charge is -2.09. The Morgan fingerprint density at radius 3 is 2.58 bits per heavy atom. The maximum absolute atomic E-state index is 11.7. The quantitative estimate of drug-likeness (QED) is 0.791. The predicted molar refractivity (Wildman–Crippen MR) is 72.4 cm³/mol. The summed E-state index contributed by atoms with van der Waals surface area (Å²) in [7, 11) is -3.37. The molecular weight excluding hydrogens is 268 g/mol. The second-order valence-electron chi connectivity index (χ2n) is 4.71. The molecule has 19 heavy (non-hydrogen) atoms. The number of anilines is 1. The minimum atomic E-state index is -3.37. The van der Waals surface area contributed by atoms with Crippen molar-refractivity contribution in [1.82, 2.24) is 4.98 Å². The van der Waals surface area contributed by atoms with Crippen molar-refractivity contribution < 1.29 is 18.3 Å². The topological polar surface area (TPSA) is 96.4 Å². The molecule has 0 aliphatic carbocycles. The van der Waals surface area contributed by atoms with Crippen LogP contribution in [0.4, 0.5) is 5.69 Å². The first kappa shape index (κ1) is 15.4. The predicted octanol–water partition coefficient (Wildman–Crippen LogP) is 1.50. The number of nitrogens with zero attached hydrogens (tertiary/aromatic N) is 1. The molecule has 106 valence electrons. The Bertz CT molecular complexity index is 523. The van der Waals surface area contributed by atoms with Gasteiger partial charge in [-0.15, -0.1) is 0 Å². The van der Waals surface area contributed by atoms with Crippen LogP contribution < -0.4 is 4.72 Å². The third-order valence-electron chi connectivity index (χ3n) is 2.39. The highest BCUT2D eigenvalue weighted by molar-refractivity contribution is 7.92. The molecule has 0 atom stereocenters. The molecule has 6 nitrogen and oxygen atoms in total. The fourth-order valence-electron chi connectivity index (χ4n) is 1.37. The van der Waals surface area contributed by atoms with Gasteiger partial charge in [-0.1, -0.05) is 13.8 Å². The van der Waals surface area contributed by atoms with Gasteiger partial charge in [0.05, 0.1) is 29.8 Å². The number of rotatable bonds is 7. The minimum Gasteiger partial charge on any atom is -0.481 e. The van der Waals surface area contributed by atoms with Gasteiger partial charge in [0.1, 0.15) is 0 Å². The van der Waals surface area contributed by atoms with Crippen LogP contribution in [0.3, 0.4) is 0 Å². The number of sulfonamides is 1. The summed E-state index contributed by atoms with van der Waals surface area (Å²) in [5, 5.41) is 8.59. The lowest BCUT2D eigenvalue weighted by atomic mass is 10.2. The van der Waals surface area contributed by atoms with Crippen molar-refractivity contribution in [2.75, 3.05) is 10.5 Å². The second kappa shape index (κ2) is 6.51. The number of hydrogen-bond acceptors (Lipinski definition) is 4. The zero-order valence-corrected chi connectivity index (χ0v) is 11.8. The van der Waals surface area contributed by atoms with Crippen molar-refractivity contribution in [3.63, 3.8) is 0 Å². The number of carboxylic acids is 1. The molecule has 2 N–H and O–H groups in total. The van der Waals surface area contributed by atoms with E-state index >= 15 is 0 Å². The van der Waals surface area contributed by atoms with E-state index in [1.165, 1.54) is 18.3 Å². The highest BCUT2D eigenvalue weighted by Gasteiger charge is 2.11. The van der Waals surface area contributed by atoms with E-state index in [2.05, 4.69) is 9.71 Å². The first-order valence-electron chi connectivity index (χ1n) is 5.96. The molecule has 0 saturated heterocycles. The Morgan fingerprint density at radius 1 is 1.42 bits per heavy atom. The molecule has 0 aliphatic heterocycles. The van der Waals surface area contributed by atoms with Crippen molar-refractivity contribution in [2.45, 2.75) is 26.7 Å². The van der Waals surface area contributed by atoms with Gasteiger partial charge < -0.3 is 5.11 Å². The van der Waals surface area contributed by atoms with Gasteiger partial charge in [0, 0.05) is 0 Å². The summed E-state index contributed by atoms with van der Waals surface area (Å²) in [6.07, 6.45) is 1.73. The van der Waals surface area contributed by atoms with E-state index in [1.807, 2.05) is 13.8 Å². The molecule has 0 saturated carbocycles. The van der Waals surface area contributed by atoms with Crippen molar-refractivity contribution >= 4 is 21.7 Å². The average Bonchev–Trinajstić information content (AvgIpc) is 2.28. The molecular formula is C12H18N2O4S. The maximum Gasteiger partial charge on any atom is 0.309 e. The summed E-state index contributed by atoms with van der Waals surface area (Å²) in [5.41, 5.74) is 0.732. The molecule has 0 radical (unpaired) electrons. The number of pyridine rings is 1. The molecule has 0 amide bonds. The molecule has 1 aromatic rings. The number of carboxylic acid groups (broad SMARTS) is 1. The maximum atomic E-state index is 11.7. The fraction of sp³-hybridized carbons (Fsp3) is 0.500. The van der Waals surface area contributed by atoms with Crippen LogP contribution in [-0.2, 0) is 21.2 Å². The van der Waals surface area contributed by atoms with Crippen LogP contribution in [0.25, 0.3) is 0 Å². The highest BCUT2D eigenvalue weighted by atomic mass is 32.2. The third-order valence-corrected chi connectivity index (χ3v) is 3.71. The van der Waals surface area contributed by atoms with Crippen molar-refractivity contribution in [3.05, 3.63) is 24.0 Å². The molecule has 1 aromatic heterocycles. The van der Waals surface area contributed by atoms with Crippen LogP contribution in [0, 0.1) is 5.92 Å². The van der Waals surface area contributed by atoms with Crippen LogP contribution in [-0.4, -0.2) is 30.2 Å². The van der Waals surface area contributed by atoms with E-state index in [4.69, 9.17) is 5.11 Å². The Hall–Kier alpha value is -1.63. The summed E-state index contributed by atoms with van der Waals surface area (Å²) in [4.78, 5) is 14.4. The number of carbonyl (C=O) groups is 1. The highest BCUT2D eigenvalue weighted by Crippen LogP contribution is 2.11. The van der Waals surface area contributed by atoms with Gasteiger partial charge in [-0.25, -0.2) is 8.42 Å². The summed E-state index contributed by atoms with van der Waals surface area (Å²) >= 11 is 0. The van der Waals surface area contributed by atoms with Gasteiger partial charge in [0.15, 0.2) is 0 Å². The average molecular weight is 286 g/mol. The number of hydrogen-bond donors (Lipinski definition) is 2. The zero-order chi connectivity index (χ0) is 14.5. The largest absolute Gasteiger partial charge is 0.481 e. The van der Waals surface area contributed by atoms with Crippen LogP contribution in [0.2, 0.25) is 0 Å². The molecule has 0 spiro atoms. The lowest BCUT2D eigenvalue weighted by molar-refractivity contribution is -0.136. The number of aromatic nitrogens is 1. The zero-order valence-electron chi connectivity index (χ0n) is 11.0. The molecule has 7 heteroatoms. The Morgan fingerprint density at radius 2 is 2.11 bits per heavy atom. The summed E-state index contributed by atoms with van der Waals surface area (Å²) < 4.78 is 25.9. The third kappa shape index (κ3) is 6.19. The van der Waals surface area contributed by atoms with Gasteiger partial charge in [0.2, 0.25) is 10.0 Å². The van der Waals surface area contributed by atoms with Gasteiger partial charge >= 0.3 is 5.97 Å². The number of nitrogens with one attached hydrogen (secondary N) is 1. The Kier molecular flexibility index (Phi) is 5.29. The van der Waals surface area contributed by atoms with Crippen molar-refractivity contribution in [3.8, 4) is 0 Å². The van der Waals surface area contributed by atoms with E-state index < -0.39 is 16.0 Å². The number of aliphatic carboxylic acids is 1. The molecule has 1 heterocycles. The van der Waals surface area contributed by atoms with Gasteiger partial charge in [-0.05, 0) is 24.5 Å². The summed E-state index contributed by atoms with van der Waals surface area (Å²) in [5.74, 6) is -0.605. The molecule has 0 bridgehead atoms. The second-order valence-corrected chi connectivity index (χ2v) is 6.55. The lowest BCUT2D eigenvalue weighted by Crippen LogP contribution is -2.18. The molecule has 0 fully saturated rings. The van der Waals surface area contributed by atoms with Gasteiger partial charge in [0.25, 0.3) is 0 Å². The molecule has 0 aromatic carbocycles. The molecule has 1 rings (SSSR count). The van der Waals surface area contributed by atoms with E-state index in [-0.39, 0.29) is 12.2 Å². The van der Waals surface area contributed by atoms with Crippen LogP contribution >= 0.6 is 0 Å². The van der Waals surface area contributed by atoms with Crippen molar-refractivity contribution in [1.29, 1.82) is 0 Å². The molecule has 0 aliphatic rings. The van der Waals surface area contributed by atoms with E-state index in [0.717, 1.165) is 0 Å². The van der Waals surface area contributed by atoms with E-state index in [1.54, 1.807) is 0 Å². The van der Waals surface area contributed by atoms with E-state index in [9.17, 15) is 13.2 Å². The first-order valence-corrected chi connectivity index (χ1v) is 7.61. The normalized spacial score (nSPS) is 11.5. The van der Waals surface area contributed by atoms with E-state index in [0.29, 0.717) is 23.7 Å². The monoisotopic (exact) mass is 286 g/mol. The smallest absolute Gasteiger partial charge is 0.309 e. The summed E-state index contributed by atoms with van der Waals surface area (Å²) in [6.45, 7) is 3.91. The Labute approximate surface area is 112 Å². The van der Waals surface area contributed by atoms with Crippen LogP contribution in [0.5, 0.6) is 0 Å². The fourth-order valence-corrected chi connectivity index (χ4v) is 2.73. The minimum absolute atomic E-state index is 0.0571. The van der Waals surface area contributed by atoms with Crippen LogP contribution in [0.15, 0.2) is 18.3 Å².